The molecule has 0 aliphatic heterocycles. The third kappa shape index (κ3) is 2.14. The molecule has 0 saturated heterocycles. The quantitative estimate of drug-likeness (QED) is 0.809. The van der Waals surface area contributed by atoms with Gasteiger partial charge in [-0.05, 0) is 31.7 Å². The second-order valence-electron chi connectivity index (χ2n) is 3.90. The van der Waals surface area contributed by atoms with Gasteiger partial charge in [-0.25, -0.2) is 9.97 Å². The number of aryl methyl sites for hydroxylation is 3. The van der Waals surface area contributed by atoms with E-state index in [1.165, 1.54) is 5.56 Å². The zero-order valence-corrected chi connectivity index (χ0v) is 8.79. The number of fused-ring (bicyclic) bond motifs is 1. The number of hydrogen-bond donors (Lipinski definition) is 1. The van der Waals surface area contributed by atoms with Crippen molar-refractivity contribution in [3.8, 4) is 0 Å². The van der Waals surface area contributed by atoms with Gasteiger partial charge in [0.05, 0.1) is 6.42 Å². The Balaban J connectivity index is 2.20. The van der Waals surface area contributed by atoms with Gasteiger partial charge in [-0.1, -0.05) is 0 Å². The van der Waals surface area contributed by atoms with Crippen LogP contribution in [0.25, 0.3) is 0 Å². The Labute approximate surface area is 88.4 Å². The first-order valence-corrected chi connectivity index (χ1v) is 5.24. The maximum atomic E-state index is 10.4. The molecular weight excluding hydrogens is 192 g/mol. The summed E-state index contributed by atoms with van der Waals surface area (Å²) in [7, 11) is 0. The number of carboxylic acids is 1. The Bertz CT molecular complexity index is 402. The molecule has 1 aliphatic carbocycles. The summed E-state index contributed by atoms with van der Waals surface area (Å²) in [4.78, 5) is 19.2. The number of rotatable bonds is 3. The lowest BCUT2D eigenvalue weighted by atomic mass is 10.2. The van der Waals surface area contributed by atoms with Crippen LogP contribution in [0.4, 0.5) is 0 Å². The number of hydrogen-bond acceptors (Lipinski definition) is 3. The van der Waals surface area contributed by atoms with Crippen molar-refractivity contribution >= 4 is 5.97 Å². The Morgan fingerprint density at radius 1 is 1.40 bits per heavy atom. The van der Waals surface area contributed by atoms with Crippen molar-refractivity contribution in [2.75, 3.05) is 0 Å². The van der Waals surface area contributed by atoms with Crippen molar-refractivity contribution in [2.24, 2.45) is 0 Å². The molecule has 0 spiro atoms. The van der Waals surface area contributed by atoms with Crippen LogP contribution in [0.1, 0.15) is 35.6 Å². The minimum Gasteiger partial charge on any atom is -0.481 e. The zero-order valence-electron chi connectivity index (χ0n) is 8.79. The fourth-order valence-corrected chi connectivity index (χ4v) is 2.01. The summed E-state index contributed by atoms with van der Waals surface area (Å²) in [6, 6.07) is 0. The highest BCUT2D eigenvalue weighted by molar-refractivity contribution is 5.66. The van der Waals surface area contributed by atoms with E-state index in [0.29, 0.717) is 12.2 Å². The number of aromatic nitrogens is 2. The van der Waals surface area contributed by atoms with Gasteiger partial charge in [-0.3, -0.25) is 4.79 Å². The molecule has 4 heteroatoms. The van der Waals surface area contributed by atoms with E-state index >= 15 is 0 Å². The van der Waals surface area contributed by atoms with Gasteiger partial charge in [0.1, 0.15) is 5.82 Å². The first-order valence-electron chi connectivity index (χ1n) is 5.24. The Hall–Kier alpha value is -1.45. The van der Waals surface area contributed by atoms with Crippen molar-refractivity contribution in [3.05, 3.63) is 22.8 Å². The molecule has 80 valence electrons. The number of carboxylic acid groups (broad SMARTS) is 1. The number of aliphatic carboxylic acids is 1. The Morgan fingerprint density at radius 2 is 2.20 bits per heavy atom. The molecule has 1 aromatic rings. The summed E-state index contributed by atoms with van der Waals surface area (Å²) in [5.74, 6) is -0.118. The van der Waals surface area contributed by atoms with Gasteiger partial charge in [0.15, 0.2) is 0 Å². The third-order valence-electron chi connectivity index (χ3n) is 2.75. The molecule has 0 amide bonds. The summed E-state index contributed by atoms with van der Waals surface area (Å²) in [6.45, 7) is 1.98. The van der Waals surface area contributed by atoms with E-state index in [1.54, 1.807) is 0 Å². The van der Waals surface area contributed by atoms with E-state index < -0.39 is 5.97 Å². The van der Waals surface area contributed by atoms with E-state index in [4.69, 9.17) is 5.11 Å². The second kappa shape index (κ2) is 3.96. The largest absolute Gasteiger partial charge is 0.481 e. The van der Waals surface area contributed by atoms with Crippen molar-refractivity contribution in [2.45, 2.75) is 39.0 Å². The smallest absolute Gasteiger partial charge is 0.303 e. The number of carbonyl (C=O) groups is 1. The predicted octanol–water partition coefficient (Wildman–Crippen LogP) is 1.29. The molecule has 15 heavy (non-hydrogen) atoms. The molecule has 0 saturated carbocycles. The summed E-state index contributed by atoms with van der Waals surface area (Å²) in [5, 5.41) is 8.58. The maximum Gasteiger partial charge on any atom is 0.303 e. The molecule has 1 aromatic heterocycles. The molecule has 0 bridgehead atoms. The van der Waals surface area contributed by atoms with Gasteiger partial charge in [0.25, 0.3) is 0 Å². The lowest BCUT2D eigenvalue weighted by Crippen LogP contribution is -2.06. The molecule has 1 aliphatic rings. The van der Waals surface area contributed by atoms with Crippen LogP contribution in [0, 0.1) is 6.92 Å². The summed E-state index contributed by atoms with van der Waals surface area (Å²) in [6.07, 6.45) is 3.77. The van der Waals surface area contributed by atoms with Gasteiger partial charge in [0, 0.05) is 17.8 Å². The number of nitrogens with zero attached hydrogens (tertiary/aromatic N) is 2. The van der Waals surface area contributed by atoms with Crippen molar-refractivity contribution < 1.29 is 9.90 Å². The van der Waals surface area contributed by atoms with Gasteiger partial charge in [-0.15, -0.1) is 0 Å². The summed E-state index contributed by atoms with van der Waals surface area (Å²) >= 11 is 0. The molecule has 2 rings (SSSR count). The van der Waals surface area contributed by atoms with Crippen LogP contribution < -0.4 is 0 Å². The lowest BCUT2D eigenvalue weighted by Gasteiger charge is -2.05. The van der Waals surface area contributed by atoms with Crippen LogP contribution in [0.2, 0.25) is 0 Å². The van der Waals surface area contributed by atoms with Crippen LogP contribution in [0.5, 0.6) is 0 Å². The van der Waals surface area contributed by atoms with Gasteiger partial charge in [0.2, 0.25) is 0 Å². The van der Waals surface area contributed by atoms with Crippen LogP contribution in [0.3, 0.4) is 0 Å². The van der Waals surface area contributed by atoms with Crippen molar-refractivity contribution in [1.29, 1.82) is 0 Å². The molecule has 0 aromatic carbocycles. The highest BCUT2D eigenvalue weighted by atomic mass is 16.4. The highest BCUT2D eigenvalue weighted by Crippen LogP contribution is 2.22. The summed E-state index contributed by atoms with van der Waals surface area (Å²) < 4.78 is 0. The van der Waals surface area contributed by atoms with Crippen LogP contribution >= 0.6 is 0 Å². The first-order chi connectivity index (χ1) is 7.16. The zero-order chi connectivity index (χ0) is 10.8. The molecule has 1 heterocycles. The second-order valence-corrected chi connectivity index (χ2v) is 3.90. The van der Waals surface area contributed by atoms with E-state index in [0.717, 1.165) is 30.7 Å². The fraction of sp³-hybridized carbons (Fsp3) is 0.545. The standard InChI is InChI=1S/C11H14N2O2/c1-7-8-3-2-4-9(8)13-10(12-7)5-6-11(14)15/h2-6H2,1H3,(H,14,15). The SMILES string of the molecule is Cc1nc(CCC(=O)O)nc2c1CCC2. The predicted molar refractivity (Wildman–Crippen MR) is 54.8 cm³/mol. The van der Waals surface area contributed by atoms with E-state index in [1.807, 2.05) is 6.92 Å². The Kier molecular flexibility index (Phi) is 2.66. The molecule has 0 atom stereocenters. The fourth-order valence-electron chi connectivity index (χ4n) is 2.01. The molecule has 0 radical (unpaired) electrons. The third-order valence-corrected chi connectivity index (χ3v) is 2.75. The maximum absolute atomic E-state index is 10.4. The molecule has 0 fully saturated rings. The normalized spacial score (nSPS) is 13.9. The Morgan fingerprint density at radius 3 is 2.93 bits per heavy atom. The molecular formula is C11H14N2O2. The average molecular weight is 206 g/mol. The molecule has 0 unspecified atom stereocenters. The van der Waals surface area contributed by atoms with Gasteiger partial charge in [-0.2, -0.15) is 0 Å². The minimum absolute atomic E-state index is 0.109. The van der Waals surface area contributed by atoms with E-state index in [9.17, 15) is 4.79 Å². The van der Waals surface area contributed by atoms with Gasteiger partial charge < -0.3 is 5.11 Å². The summed E-state index contributed by atoms with van der Waals surface area (Å²) in [5.41, 5.74) is 3.43. The van der Waals surface area contributed by atoms with E-state index in [-0.39, 0.29) is 6.42 Å². The van der Waals surface area contributed by atoms with E-state index in [2.05, 4.69) is 9.97 Å². The van der Waals surface area contributed by atoms with Crippen LogP contribution in [-0.2, 0) is 24.1 Å². The minimum atomic E-state index is -0.795. The first kappa shape index (κ1) is 10.1. The average Bonchev–Trinajstić information content (AvgIpc) is 2.63. The van der Waals surface area contributed by atoms with Crippen molar-refractivity contribution in [3.63, 3.8) is 0 Å². The van der Waals surface area contributed by atoms with Gasteiger partial charge >= 0.3 is 5.97 Å². The molecule has 4 nitrogen and oxygen atoms in total. The lowest BCUT2D eigenvalue weighted by molar-refractivity contribution is -0.137. The van der Waals surface area contributed by atoms with Crippen LogP contribution in [-0.4, -0.2) is 21.0 Å². The van der Waals surface area contributed by atoms with Crippen LogP contribution in [0.15, 0.2) is 0 Å². The monoisotopic (exact) mass is 206 g/mol. The topological polar surface area (TPSA) is 63.1 Å². The highest BCUT2D eigenvalue weighted by Gasteiger charge is 2.16. The molecule has 1 N–H and O–H groups in total. The van der Waals surface area contributed by atoms with Crippen molar-refractivity contribution in [1.82, 2.24) is 9.97 Å².